The average Bonchev–Trinajstić information content (AvgIpc) is 2.98. The number of ether oxygens (including phenoxy) is 3. The summed E-state index contributed by atoms with van der Waals surface area (Å²) in [6.07, 6.45) is 1.96. The summed E-state index contributed by atoms with van der Waals surface area (Å²) >= 11 is 6.03. The molecular weight excluding hydrogens is 348 g/mol. The molecule has 1 aliphatic rings. The monoisotopic (exact) mass is 372 g/mol. The van der Waals surface area contributed by atoms with Gasteiger partial charge in [-0.1, -0.05) is 11.6 Å². The van der Waals surface area contributed by atoms with Crippen LogP contribution in [0.3, 0.4) is 0 Å². The molecule has 0 bridgehead atoms. The van der Waals surface area contributed by atoms with E-state index in [9.17, 15) is 4.79 Å². The van der Waals surface area contributed by atoms with E-state index >= 15 is 0 Å². The van der Waals surface area contributed by atoms with Gasteiger partial charge in [0.05, 0.1) is 12.8 Å². The van der Waals surface area contributed by atoms with Crippen LogP contribution in [0, 0.1) is 0 Å². The van der Waals surface area contributed by atoms with Gasteiger partial charge >= 0.3 is 6.09 Å². The van der Waals surface area contributed by atoms with Gasteiger partial charge in [0.2, 0.25) is 11.8 Å². The molecule has 0 radical (unpaired) electrons. The lowest BCUT2D eigenvalue weighted by Crippen LogP contribution is -2.36. The molecule has 1 aliphatic heterocycles. The maximum atomic E-state index is 12.1. The quantitative estimate of drug-likeness (QED) is 0.768. The normalized spacial score (nSPS) is 17.5. The van der Waals surface area contributed by atoms with Crippen LogP contribution in [0.25, 0.3) is 0 Å². The highest BCUT2D eigenvalue weighted by atomic mass is 35.5. The number of amides is 1. The molecule has 1 amide bonds. The SMILES string of the molecule is COCCOc1nc(NC2CCN(C(=O)OC(C)(C)C)C2)ncc1Cl. The highest BCUT2D eigenvalue weighted by Crippen LogP contribution is 2.23. The van der Waals surface area contributed by atoms with E-state index in [1.165, 1.54) is 6.20 Å². The number of hydrogen-bond acceptors (Lipinski definition) is 7. The van der Waals surface area contributed by atoms with Gasteiger partial charge < -0.3 is 24.4 Å². The summed E-state index contributed by atoms with van der Waals surface area (Å²) in [6, 6.07) is 0.0421. The van der Waals surface area contributed by atoms with Crippen molar-refractivity contribution in [2.24, 2.45) is 0 Å². The Kier molecular flexibility index (Phi) is 6.66. The van der Waals surface area contributed by atoms with Crippen LogP contribution in [0.15, 0.2) is 6.20 Å². The molecule has 8 nitrogen and oxygen atoms in total. The van der Waals surface area contributed by atoms with E-state index in [1.54, 1.807) is 12.0 Å². The first-order chi connectivity index (χ1) is 11.8. The van der Waals surface area contributed by atoms with Gasteiger partial charge in [-0.3, -0.25) is 0 Å². The third kappa shape index (κ3) is 6.21. The Morgan fingerprint density at radius 1 is 1.44 bits per heavy atom. The predicted molar refractivity (Wildman–Crippen MR) is 94.2 cm³/mol. The van der Waals surface area contributed by atoms with Crippen LogP contribution in [-0.2, 0) is 9.47 Å². The molecule has 1 aromatic heterocycles. The summed E-state index contributed by atoms with van der Waals surface area (Å²) in [5.74, 6) is 0.714. The lowest BCUT2D eigenvalue weighted by atomic mass is 10.2. The van der Waals surface area contributed by atoms with E-state index < -0.39 is 5.60 Å². The van der Waals surface area contributed by atoms with E-state index in [4.69, 9.17) is 25.8 Å². The molecule has 1 aromatic rings. The van der Waals surface area contributed by atoms with Gasteiger partial charge in [0.1, 0.15) is 17.2 Å². The molecule has 1 unspecified atom stereocenters. The standard InChI is InChI=1S/C16H25ClN4O4/c1-16(2,3)25-15(22)21-6-5-11(10-21)19-14-18-9-12(17)13(20-14)24-8-7-23-4/h9,11H,5-8,10H2,1-4H3,(H,18,19,20). The highest BCUT2D eigenvalue weighted by Gasteiger charge is 2.30. The van der Waals surface area contributed by atoms with Crippen LogP contribution in [-0.4, -0.2) is 66.0 Å². The summed E-state index contributed by atoms with van der Waals surface area (Å²) in [6.45, 7) is 7.49. The van der Waals surface area contributed by atoms with E-state index in [2.05, 4.69) is 15.3 Å². The second-order valence-electron chi connectivity index (χ2n) is 6.74. The molecule has 9 heteroatoms. The third-order valence-electron chi connectivity index (χ3n) is 3.41. The van der Waals surface area contributed by atoms with Gasteiger partial charge in [0, 0.05) is 26.2 Å². The van der Waals surface area contributed by atoms with Crippen LogP contribution in [0.2, 0.25) is 5.02 Å². The minimum absolute atomic E-state index is 0.0421. The van der Waals surface area contributed by atoms with Crippen molar-refractivity contribution in [2.45, 2.75) is 38.8 Å². The predicted octanol–water partition coefficient (Wildman–Crippen LogP) is 2.58. The van der Waals surface area contributed by atoms with Crippen LogP contribution in [0.1, 0.15) is 27.2 Å². The topological polar surface area (TPSA) is 85.8 Å². The van der Waals surface area contributed by atoms with Crippen molar-refractivity contribution >= 4 is 23.6 Å². The molecule has 25 heavy (non-hydrogen) atoms. The number of halogens is 1. The van der Waals surface area contributed by atoms with Gasteiger partial charge in [0.15, 0.2) is 0 Å². The third-order valence-corrected chi connectivity index (χ3v) is 3.67. The summed E-state index contributed by atoms with van der Waals surface area (Å²) in [5, 5.41) is 3.54. The number of nitrogens with one attached hydrogen (secondary N) is 1. The molecule has 1 fully saturated rings. The molecule has 1 saturated heterocycles. The van der Waals surface area contributed by atoms with Crippen LogP contribution >= 0.6 is 11.6 Å². The zero-order valence-electron chi connectivity index (χ0n) is 15.0. The number of nitrogens with zero attached hydrogens (tertiary/aromatic N) is 3. The molecule has 0 aromatic carbocycles. The van der Waals surface area contributed by atoms with Crippen molar-refractivity contribution in [3.63, 3.8) is 0 Å². The Balaban J connectivity index is 1.90. The zero-order valence-corrected chi connectivity index (χ0v) is 15.8. The van der Waals surface area contributed by atoms with Crippen molar-refractivity contribution in [1.82, 2.24) is 14.9 Å². The van der Waals surface area contributed by atoms with E-state index in [-0.39, 0.29) is 12.1 Å². The first-order valence-corrected chi connectivity index (χ1v) is 8.55. The number of rotatable bonds is 6. The highest BCUT2D eigenvalue weighted by molar-refractivity contribution is 6.31. The maximum Gasteiger partial charge on any atom is 0.410 e. The van der Waals surface area contributed by atoms with Gasteiger partial charge in [-0.25, -0.2) is 9.78 Å². The molecule has 1 atom stereocenters. The second-order valence-corrected chi connectivity index (χ2v) is 7.15. The number of likely N-dealkylation sites (tertiary alicyclic amines) is 1. The Labute approximate surface area is 152 Å². The minimum Gasteiger partial charge on any atom is -0.474 e. The number of carbonyl (C=O) groups excluding carboxylic acids is 1. The van der Waals surface area contributed by atoms with Gasteiger partial charge in [0.25, 0.3) is 0 Å². The summed E-state index contributed by atoms with van der Waals surface area (Å²) in [4.78, 5) is 22.2. The second kappa shape index (κ2) is 8.53. The number of methoxy groups -OCH3 is 1. The average molecular weight is 373 g/mol. The lowest BCUT2D eigenvalue weighted by Gasteiger charge is -2.24. The number of aromatic nitrogens is 2. The van der Waals surface area contributed by atoms with Crippen molar-refractivity contribution in [3.05, 3.63) is 11.2 Å². The van der Waals surface area contributed by atoms with Crippen molar-refractivity contribution in [2.75, 3.05) is 38.7 Å². The van der Waals surface area contributed by atoms with Crippen molar-refractivity contribution < 1.29 is 19.0 Å². The summed E-state index contributed by atoms with van der Waals surface area (Å²) < 4.78 is 15.8. The number of carbonyl (C=O) groups is 1. The molecule has 0 saturated carbocycles. The van der Waals surface area contributed by atoms with Crippen LogP contribution in [0.5, 0.6) is 5.88 Å². The van der Waals surface area contributed by atoms with E-state index in [0.29, 0.717) is 43.2 Å². The maximum absolute atomic E-state index is 12.1. The van der Waals surface area contributed by atoms with Gasteiger partial charge in [-0.15, -0.1) is 0 Å². The molecule has 2 heterocycles. The zero-order chi connectivity index (χ0) is 18.4. The molecule has 140 valence electrons. The summed E-state index contributed by atoms with van der Waals surface area (Å²) in [7, 11) is 1.59. The lowest BCUT2D eigenvalue weighted by molar-refractivity contribution is 0.0293. The fourth-order valence-electron chi connectivity index (χ4n) is 2.30. The van der Waals surface area contributed by atoms with E-state index in [0.717, 1.165) is 6.42 Å². The Hall–Kier alpha value is -1.80. The smallest absolute Gasteiger partial charge is 0.410 e. The van der Waals surface area contributed by atoms with Crippen LogP contribution in [0.4, 0.5) is 10.7 Å². The molecular formula is C16H25ClN4O4. The number of anilines is 1. The largest absolute Gasteiger partial charge is 0.474 e. The van der Waals surface area contributed by atoms with Crippen molar-refractivity contribution in [3.8, 4) is 5.88 Å². The Bertz CT molecular complexity index is 594. The van der Waals surface area contributed by atoms with Gasteiger partial charge in [-0.05, 0) is 27.2 Å². The molecule has 1 N–H and O–H groups in total. The molecule has 2 rings (SSSR count). The first-order valence-electron chi connectivity index (χ1n) is 8.17. The molecule has 0 aliphatic carbocycles. The number of hydrogen-bond donors (Lipinski definition) is 1. The summed E-state index contributed by atoms with van der Waals surface area (Å²) in [5.41, 5.74) is -0.504. The minimum atomic E-state index is -0.504. The van der Waals surface area contributed by atoms with Crippen LogP contribution < -0.4 is 10.1 Å². The van der Waals surface area contributed by atoms with E-state index in [1.807, 2.05) is 20.8 Å². The van der Waals surface area contributed by atoms with Gasteiger partial charge in [-0.2, -0.15) is 4.98 Å². The first kappa shape index (κ1) is 19.5. The Morgan fingerprint density at radius 3 is 2.88 bits per heavy atom. The fourth-order valence-corrected chi connectivity index (χ4v) is 2.44. The fraction of sp³-hybridized carbons (Fsp3) is 0.688. The van der Waals surface area contributed by atoms with Crippen molar-refractivity contribution in [1.29, 1.82) is 0 Å². The Morgan fingerprint density at radius 2 is 2.20 bits per heavy atom. The molecule has 0 spiro atoms.